The van der Waals surface area contributed by atoms with Crippen molar-refractivity contribution < 1.29 is 19.2 Å². The number of nitrogens with zero attached hydrogens (tertiary/aromatic N) is 1. The van der Waals surface area contributed by atoms with Crippen molar-refractivity contribution in [1.82, 2.24) is 26.2 Å². The van der Waals surface area contributed by atoms with E-state index in [-0.39, 0.29) is 29.7 Å². The van der Waals surface area contributed by atoms with Gasteiger partial charge in [-0.05, 0) is 37.2 Å². The van der Waals surface area contributed by atoms with Crippen LogP contribution in [-0.2, 0) is 16.1 Å². The Bertz CT molecular complexity index is 836. The summed E-state index contributed by atoms with van der Waals surface area (Å²) in [5, 5.41) is 10.6. The van der Waals surface area contributed by atoms with Crippen molar-refractivity contribution in [3.63, 3.8) is 0 Å². The Morgan fingerprint density at radius 2 is 1.81 bits per heavy atom. The molecule has 4 N–H and O–H groups in total. The molecule has 0 spiro atoms. The molecule has 2 atom stereocenters. The van der Waals surface area contributed by atoms with Gasteiger partial charge in [-0.15, -0.1) is 0 Å². The quantitative estimate of drug-likeness (QED) is 0.510. The highest BCUT2D eigenvalue weighted by molar-refractivity contribution is 6.07. The summed E-state index contributed by atoms with van der Waals surface area (Å²) in [5.74, 6) is -0.583. The first kappa shape index (κ1) is 22.6. The predicted octanol–water partition coefficient (Wildman–Crippen LogP) is 1.35. The monoisotopic (exact) mass is 429 g/mol. The standard InChI is InChI=1S/C22H31N5O4/c1-14(2)17(24-20(30)23-13-15-7-5-4-6-8-15)18(28)27-11-9-16(10-12-27)22(3)19(29)25-21(31)26-22/h4-8,14,16-17H,9-13H2,1-3H3,(H2,23,24,30)(H2,25,26,29,31). The second-order valence-electron chi connectivity index (χ2n) is 8.74. The van der Waals surface area contributed by atoms with E-state index < -0.39 is 17.6 Å². The van der Waals surface area contributed by atoms with Crippen LogP contribution in [0.5, 0.6) is 0 Å². The molecule has 0 radical (unpaired) electrons. The fourth-order valence-electron chi connectivity index (χ4n) is 4.20. The van der Waals surface area contributed by atoms with Crippen LogP contribution in [0.15, 0.2) is 30.3 Å². The number of likely N-dealkylation sites (tertiary alicyclic amines) is 1. The topological polar surface area (TPSA) is 120 Å². The summed E-state index contributed by atoms with van der Waals surface area (Å²) >= 11 is 0. The number of amides is 6. The van der Waals surface area contributed by atoms with Crippen LogP contribution in [0.1, 0.15) is 39.2 Å². The van der Waals surface area contributed by atoms with Crippen molar-refractivity contribution in [3.8, 4) is 0 Å². The Labute approximate surface area is 182 Å². The predicted molar refractivity (Wildman–Crippen MR) is 115 cm³/mol. The normalized spacial score (nSPS) is 22.6. The maximum Gasteiger partial charge on any atom is 0.322 e. The van der Waals surface area contributed by atoms with Crippen molar-refractivity contribution in [3.05, 3.63) is 35.9 Å². The Morgan fingerprint density at radius 1 is 1.16 bits per heavy atom. The minimum absolute atomic E-state index is 0.0531. The Hall–Kier alpha value is -3.10. The zero-order chi connectivity index (χ0) is 22.6. The van der Waals surface area contributed by atoms with Gasteiger partial charge in [0.15, 0.2) is 0 Å². The van der Waals surface area contributed by atoms with E-state index >= 15 is 0 Å². The number of benzene rings is 1. The molecule has 2 aliphatic rings. The van der Waals surface area contributed by atoms with E-state index in [4.69, 9.17) is 0 Å². The lowest BCUT2D eigenvalue weighted by molar-refractivity contribution is -0.136. The molecule has 9 nitrogen and oxygen atoms in total. The van der Waals surface area contributed by atoms with Gasteiger partial charge < -0.3 is 20.9 Å². The van der Waals surface area contributed by atoms with Gasteiger partial charge in [0, 0.05) is 19.6 Å². The lowest BCUT2D eigenvalue weighted by atomic mass is 9.79. The SMILES string of the molecule is CC(C)C(NC(=O)NCc1ccccc1)C(=O)N1CCC(C2(C)NC(=O)NC2=O)CC1. The van der Waals surface area contributed by atoms with Crippen LogP contribution in [0.3, 0.4) is 0 Å². The molecule has 6 amide bonds. The van der Waals surface area contributed by atoms with E-state index in [1.807, 2.05) is 44.2 Å². The Balaban J connectivity index is 1.54. The molecule has 0 saturated carbocycles. The first-order chi connectivity index (χ1) is 14.7. The lowest BCUT2D eigenvalue weighted by Gasteiger charge is -2.40. The second-order valence-corrected chi connectivity index (χ2v) is 8.74. The van der Waals surface area contributed by atoms with Gasteiger partial charge >= 0.3 is 12.1 Å². The van der Waals surface area contributed by atoms with Crippen LogP contribution in [0.2, 0.25) is 0 Å². The molecule has 9 heteroatoms. The maximum atomic E-state index is 13.1. The van der Waals surface area contributed by atoms with Crippen LogP contribution < -0.4 is 21.3 Å². The molecule has 0 aliphatic carbocycles. The molecule has 1 aromatic carbocycles. The Kier molecular flexibility index (Phi) is 6.82. The van der Waals surface area contributed by atoms with Crippen LogP contribution in [-0.4, -0.2) is 53.4 Å². The highest BCUT2D eigenvalue weighted by Crippen LogP contribution is 2.31. The second kappa shape index (κ2) is 9.36. The molecule has 168 valence electrons. The van der Waals surface area contributed by atoms with E-state index in [1.165, 1.54) is 0 Å². The average Bonchev–Trinajstić information content (AvgIpc) is 3.03. The van der Waals surface area contributed by atoms with Crippen molar-refractivity contribution >= 4 is 23.9 Å². The third-order valence-corrected chi connectivity index (χ3v) is 6.21. The number of urea groups is 2. The van der Waals surface area contributed by atoms with E-state index in [9.17, 15) is 19.2 Å². The molecule has 31 heavy (non-hydrogen) atoms. The fourth-order valence-corrected chi connectivity index (χ4v) is 4.20. The van der Waals surface area contributed by atoms with Gasteiger partial charge in [-0.1, -0.05) is 44.2 Å². The summed E-state index contributed by atoms with van der Waals surface area (Å²) in [6, 6.07) is 8.05. The van der Waals surface area contributed by atoms with E-state index in [1.54, 1.807) is 11.8 Å². The van der Waals surface area contributed by atoms with Crippen molar-refractivity contribution in [2.24, 2.45) is 11.8 Å². The largest absolute Gasteiger partial charge is 0.341 e. The molecular formula is C22H31N5O4. The van der Waals surface area contributed by atoms with Crippen molar-refractivity contribution in [2.75, 3.05) is 13.1 Å². The van der Waals surface area contributed by atoms with Gasteiger partial charge in [-0.25, -0.2) is 9.59 Å². The molecule has 1 aromatic rings. The van der Waals surface area contributed by atoms with Crippen LogP contribution >= 0.6 is 0 Å². The number of rotatable bonds is 6. The van der Waals surface area contributed by atoms with Crippen LogP contribution in [0.4, 0.5) is 9.59 Å². The Morgan fingerprint density at radius 3 is 2.35 bits per heavy atom. The highest BCUT2D eigenvalue weighted by atomic mass is 16.2. The summed E-state index contributed by atoms with van der Waals surface area (Å²) in [7, 11) is 0. The number of nitrogens with one attached hydrogen (secondary N) is 4. The minimum atomic E-state index is -0.945. The summed E-state index contributed by atoms with van der Waals surface area (Å²) < 4.78 is 0. The molecular weight excluding hydrogens is 398 g/mol. The fraction of sp³-hybridized carbons (Fsp3) is 0.545. The van der Waals surface area contributed by atoms with Crippen LogP contribution in [0.25, 0.3) is 0 Å². The van der Waals surface area contributed by atoms with Crippen molar-refractivity contribution in [2.45, 2.75) is 51.7 Å². The first-order valence-corrected chi connectivity index (χ1v) is 10.7. The van der Waals surface area contributed by atoms with Crippen molar-refractivity contribution in [1.29, 1.82) is 0 Å². The maximum absolute atomic E-state index is 13.1. The lowest BCUT2D eigenvalue weighted by Crippen LogP contribution is -2.57. The number of imide groups is 1. The number of carbonyl (C=O) groups excluding carboxylic acids is 4. The number of piperidine rings is 1. The molecule has 2 saturated heterocycles. The van der Waals surface area contributed by atoms with E-state index in [0.717, 1.165) is 5.56 Å². The van der Waals surface area contributed by atoms with Gasteiger partial charge in [-0.2, -0.15) is 0 Å². The van der Waals surface area contributed by atoms with Gasteiger partial charge in [0.1, 0.15) is 11.6 Å². The zero-order valence-electron chi connectivity index (χ0n) is 18.2. The van der Waals surface area contributed by atoms with E-state index in [0.29, 0.717) is 32.5 Å². The number of hydrogen-bond acceptors (Lipinski definition) is 4. The molecule has 2 fully saturated rings. The molecule has 0 aromatic heterocycles. The highest BCUT2D eigenvalue weighted by Gasteiger charge is 2.49. The van der Waals surface area contributed by atoms with Gasteiger partial charge in [0.25, 0.3) is 5.91 Å². The molecule has 3 rings (SSSR count). The minimum Gasteiger partial charge on any atom is -0.341 e. The molecule has 2 unspecified atom stereocenters. The molecule has 0 bridgehead atoms. The molecule has 2 aliphatic heterocycles. The third kappa shape index (κ3) is 5.15. The third-order valence-electron chi connectivity index (χ3n) is 6.21. The van der Waals surface area contributed by atoms with Crippen LogP contribution in [0, 0.1) is 11.8 Å². The average molecular weight is 430 g/mol. The molecule has 2 heterocycles. The summed E-state index contributed by atoms with van der Waals surface area (Å²) in [5.41, 5.74) is 0.0304. The first-order valence-electron chi connectivity index (χ1n) is 10.7. The summed E-state index contributed by atoms with van der Waals surface area (Å²) in [4.78, 5) is 50.9. The van der Waals surface area contributed by atoms with Gasteiger partial charge in [0.2, 0.25) is 5.91 Å². The summed E-state index contributed by atoms with van der Waals surface area (Å²) in [6.45, 7) is 6.84. The van der Waals surface area contributed by atoms with Gasteiger partial charge in [0.05, 0.1) is 0 Å². The number of carbonyl (C=O) groups is 4. The zero-order valence-corrected chi connectivity index (χ0v) is 18.2. The number of hydrogen-bond donors (Lipinski definition) is 4. The van der Waals surface area contributed by atoms with E-state index in [2.05, 4.69) is 21.3 Å². The van der Waals surface area contributed by atoms with Gasteiger partial charge in [-0.3, -0.25) is 14.9 Å². The smallest absolute Gasteiger partial charge is 0.322 e. The summed E-state index contributed by atoms with van der Waals surface area (Å²) in [6.07, 6.45) is 1.20.